The third-order valence-electron chi connectivity index (χ3n) is 1.47. The molecule has 0 aliphatic heterocycles. The van der Waals surface area contributed by atoms with Gasteiger partial charge in [0.1, 0.15) is 0 Å². The maximum Gasteiger partial charge on any atom is 2.00 e. The van der Waals surface area contributed by atoms with Gasteiger partial charge in [-0.05, 0) is 11.5 Å². The predicted octanol–water partition coefficient (Wildman–Crippen LogP) is 6.19. The van der Waals surface area contributed by atoms with E-state index in [-0.39, 0.29) is 17.1 Å². The van der Waals surface area contributed by atoms with Gasteiger partial charge in [0.05, 0.1) is 0 Å². The van der Waals surface area contributed by atoms with Crippen molar-refractivity contribution < 1.29 is 42.3 Å². The molecule has 0 aromatic heterocycles. The molecule has 0 fully saturated rings. The molecule has 0 bridgehead atoms. The van der Waals surface area contributed by atoms with E-state index >= 15 is 0 Å². The Bertz CT molecular complexity index is 318. The Kier molecular flexibility index (Phi) is 5.81. The van der Waals surface area contributed by atoms with Gasteiger partial charge >= 0.3 is 50.1 Å². The minimum Gasteiger partial charge on any atom is 2.00 e. The molecule has 0 heterocycles. The second-order valence-corrected chi connectivity index (χ2v) is 5.44. The summed E-state index contributed by atoms with van der Waals surface area (Å²) in [5, 5.41) is 0. The Morgan fingerprint density at radius 3 is 1.29 bits per heavy atom. The SMILES string of the molecule is CC(C)c1ccccc1.F[P-](F)(F)(F)(F)F.[Fe+2]. The van der Waals surface area contributed by atoms with Gasteiger partial charge in [0.25, 0.3) is 0 Å². The summed E-state index contributed by atoms with van der Waals surface area (Å²) in [6, 6.07) is 10.5. The fourth-order valence-electron chi connectivity index (χ4n) is 0.838. The minimum absolute atomic E-state index is 0. The molecule has 1 rings (SSSR count). The van der Waals surface area contributed by atoms with E-state index in [1.165, 1.54) is 5.56 Å². The van der Waals surface area contributed by atoms with Gasteiger partial charge in [-0.2, -0.15) is 0 Å². The van der Waals surface area contributed by atoms with Crippen molar-refractivity contribution in [2.24, 2.45) is 0 Å². The molecule has 1 aromatic rings. The van der Waals surface area contributed by atoms with Gasteiger partial charge in [0.15, 0.2) is 0 Å². The van der Waals surface area contributed by atoms with Crippen LogP contribution >= 0.6 is 7.81 Å². The van der Waals surface area contributed by atoms with Crippen LogP contribution in [0.4, 0.5) is 25.2 Å². The number of rotatable bonds is 1. The summed E-state index contributed by atoms with van der Waals surface area (Å²) in [5.41, 5.74) is 1.41. The molecule has 0 N–H and O–H groups in total. The van der Waals surface area contributed by atoms with Crippen molar-refractivity contribution in [3.63, 3.8) is 0 Å². The largest absolute Gasteiger partial charge is 2.00 e. The van der Waals surface area contributed by atoms with Gasteiger partial charge in [-0.3, -0.25) is 0 Å². The summed E-state index contributed by atoms with van der Waals surface area (Å²) >= 11 is 0. The third kappa shape index (κ3) is 21.6. The Morgan fingerprint density at radius 1 is 0.824 bits per heavy atom. The molecule has 0 saturated heterocycles. The summed E-state index contributed by atoms with van der Waals surface area (Å²) in [7, 11) is -10.7. The Morgan fingerprint density at radius 2 is 1.12 bits per heavy atom. The maximum atomic E-state index is 9.87. The number of hydrogen-bond donors (Lipinski definition) is 0. The van der Waals surface area contributed by atoms with Crippen molar-refractivity contribution in [2.45, 2.75) is 19.8 Å². The zero-order valence-corrected chi connectivity index (χ0v) is 11.0. The van der Waals surface area contributed by atoms with E-state index in [0.29, 0.717) is 5.92 Å². The van der Waals surface area contributed by atoms with Gasteiger partial charge < -0.3 is 0 Å². The van der Waals surface area contributed by atoms with Crippen LogP contribution in [0.3, 0.4) is 0 Å². The van der Waals surface area contributed by atoms with E-state index < -0.39 is 7.81 Å². The van der Waals surface area contributed by atoms with Crippen molar-refractivity contribution >= 4 is 7.81 Å². The van der Waals surface area contributed by atoms with Crippen LogP contribution in [-0.2, 0) is 17.1 Å². The zero-order chi connectivity index (χ0) is 13.1. The molecule has 0 radical (unpaired) electrons. The maximum absolute atomic E-state index is 10.7. The number of hydrogen-bond acceptors (Lipinski definition) is 0. The average molecular weight is 321 g/mol. The van der Waals surface area contributed by atoms with Crippen LogP contribution in [0.2, 0.25) is 0 Å². The summed E-state index contributed by atoms with van der Waals surface area (Å²) in [4.78, 5) is 0. The first-order valence-electron chi connectivity index (χ1n) is 4.37. The molecule has 0 atom stereocenters. The first-order chi connectivity index (χ1) is 6.75. The monoisotopic (exact) mass is 321 g/mol. The minimum atomic E-state index is -10.7. The van der Waals surface area contributed by atoms with Crippen LogP contribution in [0.5, 0.6) is 0 Å². The van der Waals surface area contributed by atoms with Gasteiger partial charge in [-0.1, -0.05) is 44.2 Å². The fourth-order valence-corrected chi connectivity index (χ4v) is 0.838. The van der Waals surface area contributed by atoms with E-state index in [0.717, 1.165) is 0 Å². The van der Waals surface area contributed by atoms with Gasteiger partial charge in [0, 0.05) is 0 Å². The second kappa shape index (κ2) is 5.17. The molecule has 17 heavy (non-hydrogen) atoms. The summed E-state index contributed by atoms with van der Waals surface area (Å²) in [6.45, 7) is 4.41. The predicted molar refractivity (Wildman–Crippen MR) is 54.1 cm³/mol. The van der Waals surface area contributed by atoms with E-state index in [1.54, 1.807) is 0 Å². The summed E-state index contributed by atoms with van der Waals surface area (Å²) < 4.78 is 59.2. The van der Waals surface area contributed by atoms with E-state index in [9.17, 15) is 25.2 Å². The topological polar surface area (TPSA) is 0 Å². The van der Waals surface area contributed by atoms with Crippen molar-refractivity contribution in [1.82, 2.24) is 0 Å². The molecule has 0 amide bonds. The van der Waals surface area contributed by atoms with Crippen LogP contribution in [0, 0.1) is 0 Å². The number of halogens is 6. The van der Waals surface area contributed by atoms with Gasteiger partial charge in [-0.25, -0.2) is 0 Å². The van der Waals surface area contributed by atoms with Crippen molar-refractivity contribution in [2.75, 3.05) is 0 Å². The summed E-state index contributed by atoms with van der Waals surface area (Å²) in [6.07, 6.45) is 0. The van der Waals surface area contributed by atoms with Crippen LogP contribution in [-0.4, -0.2) is 0 Å². The quantitative estimate of drug-likeness (QED) is 0.329. The second-order valence-electron chi connectivity index (χ2n) is 3.52. The first kappa shape index (κ1) is 19.1. The van der Waals surface area contributed by atoms with Crippen LogP contribution in [0.1, 0.15) is 25.3 Å². The smallest absolute Gasteiger partial charge is 2.00 e. The standard InChI is InChI=1S/C9H12.F6P.Fe/c1-8(2)9-6-4-3-5-7-9;1-7(2,3,4,5)6;/h3-8H,1-2H3;;/q;-1;+2. The van der Waals surface area contributed by atoms with E-state index in [1.807, 2.05) is 6.07 Å². The molecular formula is C9H12F6FeP+. The Hall–Kier alpha value is -0.251. The molecule has 1 aromatic carbocycles. The summed E-state index contributed by atoms with van der Waals surface area (Å²) in [5.74, 6) is 0.659. The normalized spacial score (nSPS) is 14.9. The van der Waals surface area contributed by atoms with Crippen LogP contribution < -0.4 is 0 Å². The molecular weight excluding hydrogens is 309 g/mol. The van der Waals surface area contributed by atoms with Crippen LogP contribution in [0.15, 0.2) is 30.3 Å². The third-order valence-corrected chi connectivity index (χ3v) is 1.47. The Balaban J connectivity index is 0. The Labute approximate surface area is 106 Å². The molecule has 102 valence electrons. The average Bonchev–Trinajstić information content (AvgIpc) is 2.00. The van der Waals surface area contributed by atoms with Crippen molar-refractivity contribution in [3.8, 4) is 0 Å². The van der Waals surface area contributed by atoms with E-state index in [4.69, 9.17) is 0 Å². The number of benzene rings is 1. The van der Waals surface area contributed by atoms with Gasteiger partial charge in [0.2, 0.25) is 0 Å². The molecule has 0 aliphatic rings. The van der Waals surface area contributed by atoms with E-state index in [2.05, 4.69) is 38.1 Å². The van der Waals surface area contributed by atoms with Crippen molar-refractivity contribution in [3.05, 3.63) is 35.9 Å². The first-order valence-corrected chi connectivity index (χ1v) is 6.40. The van der Waals surface area contributed by atoms with Crippen molar-refractivity contribution in [1.29, 1.82) is 0 Å². The molecule has 0 unspecified atom stereocenters. The fraction of sp³-hybridized carbons (Fsp3) is 0.333. The zero-order valence-electron chi connectivity index (χ0n) is 9.03. The molecule has 0 aliphatic carbocycles. The molecule has 0 nitrogen and oxygen atoms in total. The molecule has 8 heteroatoms. The van der Waals surface area contributed by atoms with Crippen LogP contribution in [0.25, 0.3) is 0 Å². The van der Waals surface area contributed by atoms with Gasteiger partial charge in [-0.15, -0.1) is 0 Å². The molecule has 0 spiro atoms. The molecule has 0 saturated carbocycles.